The van der Waals surface area contributed by atoms with Gasteiger partial charge in [-0.15, -0.1) is 0 Å². The monoisotopic (exact) mass is 331 g/mol. The number of carbonyl (C=O) groups excluding carboxylic acids is 1. The molecule has 0 saturated carbocycles. The van der Waals surface area contributed by atoms with Crippen molar-refractivity contribution < 1.29 is 13.9 Å². The number of anilines is 1. The van der Waals surface area contributed by atoms with E-state index in [1.165, 1.54) is 6.20 Å². The topological polar surface area (TPSA) is 107 Å². The van der Waals surface area contributed by atoms with Crippen LogP contribution >= 0.6 is 0 Å². The molecule has 0 unspecified atom stereocenters. The van der Waals surface area contributed by atoms with Gasteiger partial charge in [0.2, 0.25) is 0 Å². The van der Waals surface area contributed by atoms with Gasteiger partial charge in [-0.1, -0.05) is 0 Å². The van der Waals surface area contributed by atoms with Crippen LogP contribution in [0.15, 0.2) is 29.0 Å². The maximum absolute atomic E-state index is 12.3. The first-order valence-electron chi connectivity index (χ1n) is 7.99. The first-order valence-corrected chi connectivity index (χ1v) is 7.99. The maximum atomic E-state index is 12.3. The Balaban J connectivity index is 1.53. The van der Waals surface area contributed by atoms with Crippen molar-refractivity contribution in [3.05, 3.63) is 30.3 Å². The normalized spacial score (nSPS) is 15.3. The fourth-order valence-corrected chi connectivity index (χ4v) is 2.52. The van der Waals surface area contributed by atoms with Crippen LogP contribution < -0.4 is 11.1 Å². The summed E-state index contributed by atoms with van der Waals surface area (Å²) < 4.78 is 10.6. The Bertz CT molecular complexity index is 668. The Kier molecular flexibility index (Phi) is 5.39. The van der Waals surface area contributed by atoms with Crippen molar-refractivity contribution in [2.45, 2.75) is 6.42 Å². The molecule has 0 atom stereocenters. The summed E-state index contributed by atoms with van der Waals surface area (Å²) in [5, 5.41) is 2.84. The number of amides is 1. The van der Waals surface area contributed by atoms with Crippen LogP contribution in [0.25, 0.3) is 11.5 Å². The second-order valence-electron chi connectivity index (χ2n) is 5.53. The standard InChI is InChI=1S/C16H21N5O3/c17-15-14(20-12(11-19-15)13-3-1-8-24-13)16(22)18-4-2-5-21-6-9-23-10-7-21/h1,3,8,11H,2,4-7,9-10H2,(H2,17,19)(H,18,22). The van der Waals surface area contributed by atoms with E-state index in [0.717, 1.165) is 39.3 Å². The highest BCUT2D eigenvalue weighted by atomic mass is 16.5. The molecule has 0 radical (unpaired) electrons. The van der Waals surface area contributed by atoms with Crippen molar-refractivity contribution in [3.8, 4) is 11.5 Å². The molecule has 3 heterocycles. The Morgan fingerprint density at radius 1 is 1.38 bits per heavy atom. The first kappa shape index (κ1) is 16.4. The van der Waals surface area contributed by atoms with Gasteiger partial charge in [0.1, 0.15) is 5.69 Å². The van der Waals surface area contributed by atoms with E-state index in [2.05, 4.69) is 20.2 Å². The molecule has 8 heteroatoms. The average molecular weight is 331 g/mol. The summed E-state index contributed by atoms with van der Waals surface area (Å²) in [5.41, 5.74) is 6.38. The number of hydrogen-bond donors (Lipinski definition) is 2. The largest absolute Gasteiger partial charge is 0.463 e. The number of nitrogens with two attached hydrogens (primary N) is 1. The van der Waals surface area contributed by atoms with Crippen molar-refractivity contribution in [1.82, 2.24) is 20.2 Å². The third kappa shape index (κ3) is 4.09. The highest BCUT2D eigenvalue weighted by molar-refractivity contribution is 5.96. The van der Waals surface area contributed by atoms with Gasteiger partial charge < -0.3 is 20.2 Å². The summed E-state index contributed by atoms with van der Waals surface area (Å²) in [4.78, 5) is 22.9. The Morgan fingerprint density at radius 2 is 2.21 bits per heavy atom. The lowest BCUT2D eigenvalue weighted by atomic mass is 10.3. The zero-order valence-corrected chi connectivity index (χ0v) is 13.4. The van der Waals surface area contributed by atoms with Gasteiger partial charge in [0.15, 0.2) is 17.3 Å². The van der Waals surface area contributed by atoms with Gasteiger partial charge in [0.25, 0.3) is 5.91 Å². The molecule has 1 saturated heterocycles. The average Bonchev–Trinajstić information content (AvgIpc) is 3.14. The molecule has 1 fully saturated rings. The van der Waals surface area contributed by atoms with Gasteiger partial charge in [0, 0.05) is 19.6 Å². The fourth-order valence-electron chi connectivity index (χ4n) is 2.52. The Labute approximate surface area is 140 Å². The predicted octanol–water partition coefficient (Wildman–Crippen LogP) is 0.771. The molecule has 3 rings (SSSR count). The lowest BCUT2D eigenvalue weighted by Crippen LogP contribution is -2.38. The van der Waals surface area contributed by atoms with Crippen LogP contribution in [0.2, 0.25) is 0 Å². The molecule has 2 aromatic rings. The molecule has 128 valence electrons. The minimum absolute atomic E-state index is 0.107. The summed E-state index contributed by atoms with van der Waals surface area (Å²) in [6.07, 6.45) is 3.89. The Hall–Kier alpha value is -2.45. The number of morpholine rings is 1. The van der Waals surface area contributed by atoms with Gasteiger partial charge >= 0.3 is 0 Å². The molecule has 1 aliphatic rings. The van der Waals surface area contributed by atoms with E-state index in [1.807, 2.05) is 0 Å². The minimum atomic E-state index is -0.324. The van der Waals surface area contributed by atoms with Crippen LogP contribution in [0, 0.1) is 0 Å². The lowest BCUT2D eigenvalue weighted by Gasteiger charge is -2.26. The SMILES string of the molecule is Nc1ncc(-c2ccco2)nc1C(=O)NCCCN1CCOCC1. The number of aromatic nitrogens is 2. The van der Waals surface area contributed by atoms with Gasteiger partial charge in [0.05, 0.1) is 25.7 Å². The number of hydrogen-bond acceptors (Lipinski definition) is 7. The molecule has 0 aromatic carbocycles. The van der Waals surface area contributed by atoms with Gasteiger partial charge in [-0.2, -0.15) is 0 Å². The summed E-state index contributed by atoms with van der Waals surface area (Å²) in [6.45, 7) is 4.92. The molecular weight excluding hydrogens is 310 g/mol. The third-order valence-electron chi connectivity index (χ3n) is 3.83. The first-order chi connectivity index (χ1) is 11.7. The van der Waals surface area contributed by atoms with E-state index in [1.54, 1.807) is 18.4 Å². The van der Waals surface area contributed by atoms with Crippen LogP contribution in [-0.4, -0.2) is 60.2 Å². The number of ether oxygens (including phenoxy) is 1. The molecule has 8 nitrogen and oxygen atoms in total. The second-order valence-corrected chi connectivity index (χ2v) is 5.53. The van der Waals surface area contributed by atoms with Crippen molar-refractivity contribution in [3.63, 3.8) is 0 Å². The third-order valence-corrected chi connectivity index (χ3v) is 3.83. The number of carbonyl (C=O) groups is 1. The van der Waals surface area contributed by atoms with E-state index >= 15 is 0 Å². The van der Waals surface area contributed by atoms with Crippen LogP contribution in [0.4, 0.5) is 5.82 Å². The maximum Gasteiger partial charge on any atom is 0.273 e. The number of furan rings is 1. The van der Waals surface area contributed by atoms with Crippen molar-refractivity contribution in [1.29, 1.82) is 0 Å². The molecule has 0 bridgehead atoms. The Morgan fingerprint density at radius 3 is 2.96 bits per heavy atom. The highest BCUT2D eigenvalue weighted by Crippen LogP contribution is 2.18. The van der Waals surface area contributed by atoms with Crippen molar-refractivity contribution >= 4 is 11.7 Å². The zero-order valence-electron chi connectivity index (χ0n) is 13.4. The minimum Gasteiger partial charge on any atom is -0.463 e. The number of nitrogens with zero attached hydrogens (tertiary/aromatic N) is 3. The van der Waals surface area contributed by atoms with Gasteiger partial charge in [-0.05, 0) is 25.1 Å². The number of nitrogen functional groups attached to an aromatic ring is 1. The molecular formula is C16H21N5O3. The molecule has 1 amide bonds. The van der Waals surface area contributed by atoms with E-state index in [9.17, 15) is 4.79 Å². The highest BCUT2D eigenvalue weighted by Gasteiger charge is 2.15. The molecule has 0 spiro atoms. The number of nitrogens with one attached hydrogen (secondary N) is 1. The lowest BCUT2D eigenvalue weighted by molar-refractivity contribution is 0.0374. The van der Waals surface area contributed by atoms with Crippen LogP contribution in [0.5, 0.6) is 0 Å². The van der Waals surface area contributed by atoms with Crippen LogP contribution in [0.3, 0.4) is 0 Å². The zero-order chi connectivity index (χ0) is 16.8. The molecule has 2 aromatic heterocycles. The summed E-state index contributed by atoms with van der Waals surface area (Å²) in [7, 11) is 0. The quantitative estimate of drug-likeness (QED) is 0.753. The summed E-state index contributed by atoms with van der Waals surface area (Å²) >= 11 is 0. The van der Waals surface area contributed by atoms with E-state index in [-0.39, 0.29) is 17.4 Å². The van der Waals surface area contributed by atoms with Crippen LogP contribution in [0.1, 0.15) is 16.9 Å². The fraction of sp³-hybridized carbons (Fsp3) is 0.438. The number of rotatable bonds is 6. The van der Waals surface area contributed by atoms with Crippen molar-refractivity contribution in [2.24, 2.45) is 0 Å². The van der Waals surface area contributed by atoms with E-state index in [0.29, 0.717) is 18.0 Å². The second kappa shape index (κ2) is 7.89. The predicted molar refractivity (Wildman–Crippen MR) is 88.4 cm³/mol. The summed E-state index contributed by atoms with van der Waals surface area (Å²) in [6, 6.07) is 3.50. The molecule has 0 aliphatic carbocycles. The molecule has 1 aliphatic heterocycles. The van der Waals surface area contributed by atoms with E-state index < -0.39 is 0 Å². The molecule has 24 heavy (non-hydrogen) atoms. The van der Waals surface area contributed by atoms with Crippen molar-refractivity contribution in [2.75, 3.05) is 45.1 Å². The van der Waals surface area contributed by atoms with Crippen LogP contribution in [-0.2, 0) is 4.74 Å². The van der Waals surface area contributed by atoms with E-state index in [4.69, 9.17) is 14.9 Å². The summed E-state index contributed by atoms with van der Waals surface area (Å²) in [5.74, 6) is 0.329. The van der Waals surface area contributed by atoms with Gasteiger partial charge in [-0.3, -0.25) is 9.69 Å². The smallest absolute Gasteiger partial charge is 0.273 e. The molecule has 3 N–H and O–H groups in total. The van der Waals surface area contributed by atoms with Gasteiger partial charge in [-0.25, -0.2) is 9.97 Å².